The normalized spacial score (nSPS) is 10.6. The number of esters is 1. The molecule has 0 saturated carbocycles. The van der Waals surface area contributed by atoms with Crippen LogP contribution in [0, 0.1) is 17.0 Å². The molecule has 1 amide bonds. The van der Waals surface area contributed by atoms with Crippen molar-refractivity contribution in [2.45, 2.75) is 13.5 Å². The molecule has 3 aromatic carbocycles. The fourth-order valence-corrected chi connectivity index (χ4v) is 3.41. The fraction of sp³-hybridized carbons (Fsp3) is 0.115. The van der Waals surface area contributed by atoms with Crippen LogP contribution >= 0.6 is 0 Å². The minimum Gasteiger partial charge on any atom is -0.489 e. The summed E-state index contributed by atoms with van der Waals surface area (Å²) in [5, 5.41) is 14.1. The van der Waals surface area contributed by atoms with E-state index in [1.54, 1.807) is 36.4 Å². The van der Waals surface area contributed by atoms with Gasteiger partial charge in [0.25, 0.3) is 11.6 Å². The number of hydrogen-bond acceptors (Lipinski definition) is 8. The number of non-ortho nitro benzene ring substituents is 1. The van der Waals surface area contributed by atoms with E-state index in [-0.39, 0.29) is 23.5 Å². The maximum absolute atomic E-state index is 12.3. The van der Waals surface area contributed by atoms with Crippen LogP contribution < -0.4 is 15.7 Å². The number of rotatable bonds is 8. The van der Waals surface area contributed by atoms with E-state index in [0.717, 1.165) is 16.5 Å². The Bertz CT molecular complexity index is 1510. The van der Waals surface area contributed by atoms with Crippen LogP contribution in [0.4, 0.5) is 11.4 Å². The molecule has 1 heterocycles. The molecule has 0 fully saturated rings. The summed E-state index contributed by atoms with van der Waals surface area (Å²) >= 11 is 0. The molecule has 0 aliphatic heterocycles. The summed E-state index contributed by atoms with van der Waals surface area (Å²) in [5.74, 6) is -0.804. The van der Waals surface area contributed by atoms with Crippen LogP contribution in [0.2, 0.25) is 0 Å². The summed E-state index contributed by atoms with van der Waals surface area (Å²) in [5.41, 5.74) is 1.89. The molecule has 182 valence electrons. The third-order valence-corrected chi connectivity index (χ3v) is 5.19. The number of benzene rings is 3. The first kappa shape index (κ1) is 24.1. The number of ether oxygens (including phenoxy) is 2. The van der Waals surface area contributed by atoms with Crippen LogP contribution in [0.5, 0.6) is 5.75 Å². The van der Waals surface area contributed by atoms with E-state index in [0.29, 0.717) is 11.3 Å². The van der Waals surface area contributed by atoms with E-state index >= 15 is 0 Å². The van der Waals surface area contributed by atoms with Crippen molar-refractivity contribution in [3.8, 4) is 5.75 Å². The topological polar surface area (TPSA) is 138 Å². The average Bonchev–Trinajstić information content (AvgIpc) is 2.86. The Morgan fingerprint density at radius 3 is 2.56 bits per heavy atom. The van der Waals surface area contributed by atoms with Crippen molar-refractivity contribution < 1.29 is 28.4 Å². The molecular formula is C26H20N2O8. The summed E-state index contributed by atoms with van der Waals surface area (Å²) in [7, 11) is 0. The average molecular weight is 488 g/mol. The SMILES string of the molecule is Cc1cc(=O)oc2cc(OCc3ccc(C(=O)OCC(=O)Nc4cccc([N+](=O)[O-])c4)cc3)ccc12. The van der Waals surface area contributed by atoms with Crippen LogP contribution in [0.3, 0.4) is 0 Å². The summed E-state index contributed by atoms with van der Waals surface area (Å²) in [4.78, 5) is 46.1. The standard InChI is InChI=1S/C26H20N2O8/c1-16-11-25(30)36-23-13-21(9-10-22(16)23)34-14-17-5-7-18(8-6-17)26(31)35-15-24(29)27-19-3-2-4-20(12-19)28(32)33/h2-13H,14-15H2,1H3,(H,27,29). The Balaban J connectivity index is 1.29. The maximum Gasteiger partial charge on any atom is 0.338 e. The molecule has 0 unspecified atom stereocenters. The highest BCUT2D eigenvalue weighted by atomic mass is 16.6. The Hall–Kier alpha value is -4.99. The third-order valence-electron chi connectivity index (χ3n) is 5.19. The van der Waals surface area contributed by atoms with Crippen molar-refractivity contribution in [2.24, 2.45) is 0 Å². The second-order valence-electron chi connectivity index (χ2n) is 7.82. The molecule has 0 atom stereocenters. The van der Waals surface area contributed by atoms with Gasteiger partial charge in [-0.05, 0) is 48.4 Å². The Morgan fingerprint density at radius 2 is 1.81 bits per heavy atom. The molecule has 10 heteroatoms. The number of carbonyl (C=O) groups is 2. The van der Waals surface area contributed by atoms with Crippen molar-refractivity contribution in [3.63, 3.8) is 0 Å². The minimum atomic E-state index is -0.698. The van der Waals surface area contributed by atoms with Crippen LogP contribution in [0.1, 0.15) is 21.5 Å². The lowest BCUT2D eigenvalue weighted by Crippen LogP contribution is -2.21. The number of carbonyl (C=O) groups excluding carboxylic acids is 2. The first-order valence-corrected chi connectivity index (χ1v) is 10.8. The van der Waals surface area contributed by atoms with Crippen molar-refractivity contribution in [1.29, 1.82) is 0 Å². The zero-order valence-corrected chi connectivity index (χ0v) is 19.1. The van der Waals surface area contributed by atoms with Gasteiger partial charge in [0.05, 0.1) is 10.5 Å². The van der Waals surface area contributed by atoms with Gasteiger partial charge < -0.3 is 19.2 Å². The number of anilines is 1. The number of amides is 1. The summed E-state index contributed by atoms with van der Waals surface area (Å²) < 4.78 is 16.0. The Morgan fingerprint density at radius 1 is 1.03 bits per heavy atom. The van der Waals surface area contributed by atoms with Gasteiger partial charge in [-0.25, -0.2) is 9.59 Å². The predicted octanol–water partition coefficient (Wildman–Crippen LogP) is 4.38. The lowest BCUT2D eigenvalue weighted by molar-refractivity contribution is -0.384. The minimum absolute atomic E-state index is 0.170. The Kier molecular flexibility index (Phi) is 7.05. The van der Waals surface area contributed by atoms with Gasteiger partial charge in [-0.2, -0.15) is 0 Å². The van der Waals surface area contributed by atoms with E-state index in [2.05, 4.69) is 5.32 Å². The molecule has 0 bridgehead atoms. The maximum atomic E-state index is 12.3. The van der Waals surface area contributed by atoms with Gasteiger partial charge in [-0.1, -0.05) is 18.2 Å². The van der Waals surface area contributed by atoms with Crippen LogP contribution in [-0.2, 0) is 16.1 Å². The predicted molar refractivity (Wildman–Crippen MR) is 130 cm³/mol. The van der Waals surface area contributed by atoms with Gasteiger partial charge in [0.2, 0.25) is 0 Å². The highest BCUT2D eigenvalue weighted by Crippen LogP contribution is 2.23. The number of nitrogens with one attached hydrogen (secondary N) is 1. The zero-order chi connectivity index (χ0) is 25.7. The quantitative estimate of drug-likeness (QED) is 0.167. The number of nitro benzene ring substituents is 1. The van der Waals surface area contributed by atoms with Crippen molar-refractivity contribution >= 4 is 34.2 Å². The lowest BCUT2D eigenvalue weighted by atomic mass is 10.1. The third kappa shape index (κ3) is 5.92. The van der Waals surface area contributed by atoms with E-state index < -0.39 is 29.0 Å². The molecule has 0 aliphatic rings. The van der Waals surface area contributed by atoms with Crippen molar-refractivity contribution in [1.82, 2.24) is 0 Å². The smallest absolute Gasteiger partial charge is 0.338 e. The molecule has 0 aliphatic carbocycles. The van der Waals surface area contributed by atoms with E-state index in [1.807, 2.05) is 13.0 Å². The molecule has 0 saturated heterocycles. The van der Waals surface area contributed by atoms with E-state index in [1.165, 1.54) is 30.3 Å². The Labute approximate surface area is 204 Å². The molecule has 0 spiro atoms. The van der Waals surface area contributed by atoms with E-state index in [9.17, 15) is 24.5 Å². The van der Waals surface area contributed by atoms with E-state index in [4.69, 9.17) is 13.9 Å². The van der Waals surface area contributed by atoms with Gasteiger partial charge in [0, 0.05) is 35.3 Å². The zero-order valence-electron chi connectivity index (χ0n) is 19.1. The molecule has 36 heavy (non-hydrogen) atoms. The lowest BCUT2D eigenvalue weighted by Gasteiger charge is -2.09. The monoisotopic (exact) mass is 488 g/mol. The van der Waals surface area contributed by atoms with Crippen LogP contribution in [-0.4, -0.2) is 23.4 Å². The molecule has 4 rings (SSSR count). The second-order valence-corrected chi connectivity index (χ2v) is 7.82. The summed E-state index contributed by atoms with van der Waals surface area (Å²) in [6.07, 6.45) is 0. The number of fused-ring (bicyclic) bond motifs is 1. The number of aryl methyl sites for hydroxylation is 1. The molecule has 4 aromatic rings. The number of hydrogen-bond donors (Lipinski definition) is 1. The van der Waals surface area contributed by atoms with Gasteiger partial charge in [0.15, 0.2) is 6.61 Å². The first-order valence-electron chi connectivity index (χ1n) is 10.8. The highest BCUT2D eigenvalue weighted by Gasteiger charge is 2.12. The molecule has 0 radical (unpaired) electrons. The molecule has 10 nitrogen and oxygen atoms in total. The molecule has 1 aromatic heterocycles. The number of nitrogens with zero attached hydrogens (tertiary/aromatic N) is 1. The highest BCUT2D eigenvalue weighted by molar-refractivity contribution is 5.95. The summed E-state index contributed by atoms with van der Waals surface area (Å²) in [6.45, 7) is 1.49. The van der Waals surface area contributed by atoms with Gasteiger partial charge in [-0.3, -0.25) is 14.9 Å². The first-order chi connectivity index (χ1) is 17.3. The van der Waals surface area contributed by atoms with Crippen molar-refractivity contribution in [2.75, 3.05) is 11.9 Å². The largest absolute Gasteiger partial charge is 0.489 e. The van der Waals surface area contributed by atoms with Crippen molar-refractivity contribution in [3.05, 3.63) is 110 Å². The molecular weight excluding hydrogens is 468 g/mol. The van der Waals surface area contributed by atoms with Crippen LogP contribution in [0.15, 0.2) is 82.0 Å². The van der Waals surface area contributed by atoms with Gasteiger partial charge >= 0.3 is 11.6 Å². The van der Waals surface area contributed by atoms with Gasteiger partial charge in [0.1, 0.15) is 17.9 Å². The van der Waals surface area contributed by atoms with Crippen LogP contribution in [0.25, 0.3) is 11.0 Å². The van der Waals surface area contributed by atoms with Gasteiger partial charge in [-0.15, -0.1) is 0 Å². The molecule has 1 N–H and O–H groups in total. The second kappa shape index (κ2) is 10.5. The number of nitro groups is 1. The summed E-state index contributed by atoms with van der Waals surface area (Å²) in [6, 6.07) is 18.6. The fourth-order valence-electron chi connectivity index (χ4n) is 3.41.